The van der Waals surface area contributed by atoms with Crippen LogP contribution in [0.1, 0.15) is 16.1 Å². The minimum absolute atomic E-state index is 0.140. The number of halogens is 2. The highest BCUT2D eigenvalue weighted by Crippen LogP contribution is 2.21. The zero-order chi connectivity index (χ0) is 14.8. The average molecular weight is 301 g/mol. The fourth-order valence-corrected chi connectivity index (χ4v) is 2.27. The largest absolute Gasteiger partial charge is 0.292 e. The summed E-state index contributed by atoms with van der Waals surface area (Å²) >= 11 is 5.93. The first-order chi connectivity index (χ1) is 10.1. The Kier molecular flexibility index (Phi) is 3.62. The lowest BCUT2D eigenvalue weighted by atomic mass is 10.1. The molecule has 0 spiro atoms. The van der Waals surface area contributed by atoms with E-state index in [0.29, 0.717) is 11.0 Å². The van der Waals surface area contributed by atoms with Gasteiger partial charge in [-0.15, -0.1) is 0 Å². The highest BCUT2D eigenvalue weighted by Gasteiger charge is 2.15. The highest BCUT2D eigenvalue weighted by molar-refractivity contribution is 6.31. The summed E-state index contributed by atoms with van der Waals surface area (Å²) in [5.74, 6) is -0.815. The van der Waals surface area contributed by atoms with Gasteiger partial charge in [0.2, 0.25) is 0 Å². The summed E-state index contributed by atoms with van der Waals surface area (Å²) in [6.45, 7) is 0. The lowest BCUT2D eigenvalue weighted by Crippen LogP contribution is -2.08. The highest BCUT2D eigenvalue weighted by atomic mass is 35.5. The molecule has 3 nitrogen and oxygen atoms in total. The van der Waals surface area contributed by atoms with Crippen LogP contribution in [0.15, 0.2) is 48.7 Å². The Bertz CT molecular complexity index is 815. The predicted octanol–water partition coefficient (Wildman–Crippen LogP) is 3.85. The molecule has 0 aliphatic carbocycles. The molecule has 1 aromatic heterocycles. The monoisotopic (exact) mass is 300 g/mol. The molecule has 0 aliphatic rings. The van der Waals surface area contributed by atoms with Crippen molar-refractivity contribution >= 4 is 28.4 Å². The summed E-state index contributed by atoms with van der Waals surface area (Å²) in [6.07, 6.45) is 1.26. The van der Waals surface area contributed by atoms with E-state index in [1.165, 1.54) is 18.3 Å². The smallest absolute Gasteiger partial charge is 0.187 e. The van der Waals surface area contributed by atoms with Crippen molar-refractivity contribution in [3.05, 3.63) is 70.8 Å². The van der Waals surface area contributed by atoms with E-state index < -0.39 is 5.82 Å². The Labute approximate surface area is 125 Å². The van der Waals surface area contributed by atoms with E-state index in [1.807, 2.05) is 18.2 Å². The molecule has 0 amide bonds. The van der Waals surface area contributed by atoms with Gasteiger partial charge in [0, 0.05) is 17.0 Å². The number of carbonyl (C=O) groups is 1. The second kappa shape index (κ2) is 5.58. The van der Waals surface area contributed by atoms with Crippen LogP contribution in [-0.2, 0) is 6.42 Å². The first kappa shape index (κ1) is 13.6. The fourth-order valence-electron chi connectivity index (χ4n) is 2.04. The minimum atomic E-state index is -0.496. The van der Waals surface area contributed by atoms with E-state index in [1.54, 1.807) is 12.1 Å². The van der Waals surface area contributed by atoms with Crippen molar-refractivity contribution in [2.45, 2.75) is 6.42 Å². The molecule has 0 N–H and O–H groups in total. The SMILES string of the molecule is O=C(Cc1c(F)cccc1Cl)c1cnc2ccccc2n1. The topological polar surface area (TPSA) is 42.9 Å². The van der Waals surface area contributed by atoms with Crippen LogP contribution in [0.2, 0.25) is 5.02 Å². The summed E-state index contributed by atoms with van der Waals surface area (Å²) in [7, 11) is 0. The van der Waals surface area contributed by atoms with Gasteiger partial charge in [-0.2, -0.15) is 0 Å². The number of fused-ring (bicyclic) bond motifs is 1. The maximum Gasteiger partial charge on any atom is 0.187 e. The summed E-state index contributed by atoms with van der Waals surface area (Å²) in [5, 5.41) is 0.233. The molecule has 0 radical (unpaired) electrons. The van der Waals surface area contributed by atoms with Crippen LogP contribution in [0.4, 0.5) is 4.39 Å². The predicted molar refractivity (Wildman–Crippen MR) is 79.0 cm³/mol. The van der Waals surface area contributed by atoms with Crippen molar-refractivity contribution in [3.63, 3.8) is 0 Å². The van der Waals surface area contributed by atoms with Crippen LogP contribution in [0.25, 0.3) is 11.0 Å². The maximum absolute atomic E-state index is 13.7. The molecule has 3 rings (SSSR count). The summed E-state index contributed by atoms with van der Waals surface area (Å²) in [4.78, 5) is 20.7. The molecule has 5 heteroatoms. The van der Waals surface area contributed by atoms with Gasteiger partial charge < -0.3 is 0 Å². The van der Waals surface area contributed by atoms with Gasteiger partial charge in [0.1, 0.15) is 11.5 Å². The molecule has 0 atom stereocenters. The van der Waals surface area contributed by atoms with E-state index in [9.17, 15) is 9.18 Å². The van der Waals surface area contributed by atoms with E-state index in [0.717, 1.165) is 0 Å². The van der Waals surface area contributed by atoms with Gasteiger partial charge in [-0.25, -0.2) is 9.37 Å². The standard InChI is InChI=1S/C16H10ClFN2O/c17-11-4-3-5-12(18)10(11)8-16(21)15-9-19-13-6-1-2-7-14(13)20-15/h1-7,9H,8H2. The van der Waals surface area contributed by atoms with Crippen LogP contribution >= 0.6 is 11.6 Å². The van der Waals surface area contributed by atoms with Crippen LogP contribution < -0.4 is 0 Å². The first-order valence-corrected chi connectivity index (χ1v) is 6.71. The molecular weight excluding hydrogens is 291 g/mol. The second-order valence-electron chi connectivity index (χ2n) is 4.54. The normalized spacial score (nSPS) is 10.8. The fraction of sp³-hybridized carbons (Fsp3) is 0.0625. The van der Waals surface area contributed by atoms with E-state index >= 15 is 0 Å². The Balaban J connectivity index is 1.94. The molecule has 0 saturated carbocycles. The molecular formula is C16H10ClFN2O. The molecule has 21 heavy (non-hydrogen) atoms. The van der Waals surface area contributed by atoms with Gasteiger partial charge in [-0.3, -0.25) is 9.78 Å². The minimum Gasteiger partial charge on any atom is -0.292 e. The van der Waals surface area contributed by atoms with Gasteiger partial charge in [0.15, 0.2) is 5.78 Å². The van der Waals surface area contributed by atoms with Gasteiger partial charge >= 0.3 is 0 Å². The van der Waals surface area contributed by atoms with Gasteiger partial charge in [0.25, 0.3) is 0 Å². The van der Waals surface area contributed by atoms with Gasteiger partial charge in [-0.1, -0.05) is 29.8 Å². The Morgan fingerprint density at radius 1 is 1.10 bits per heavy atom. The van der Waals surface area contributed by atoms with Crippen molar-refractivity contribution in [3.8, 4) is 0 Å². The average Bonchev–Trinajstić information content (AvgIpc) is 2.50. The number of Topliss-reactive ketones (excluding diaryl/α,β-unsaturated/α-hetero) is 1. The first-order valence-electron chi connectivity index (χ1n) is 6.33. The third kappa shape index (κ3) is 2.76. The molecule has 0 aliphatic heterocycles. The molecule has 2 aromatic carbocycles. The molecule has 0 saturated heterocycles. The van der Waals surface area contributed by atoms with Crippen molar-refractivity contribution in [2.75, 3.05) is 0 Å². The number of ketones is 1. The third-order valence-corrected chi connectivity index (χ3v) is 3.49. The van der Waals surface area contributed by atoms with Crippen LogP contribution in [0.5, 0.6) is 0 Å². The van der Waals surface area contributed by atoms with Gasteiger partial charge in [0.05, 0.1) is 17.2 Å². The summed E-state index contributed by atoms with van der Waals surface area (Å²) in [5.41, 5.74) is 1.72. The zero-order valence-corrected chi connectivity index (χ0v) is 11.6. The number of para-hydroxylation sites is 2. The summed E-state index contributed by atoms with van der Waals surface area (Å²) < 4.78 is 13.7. The number of hydrogen-bond donors (Lipinski definition) is 0. The molecule has 1 heterocycles. The Morgan fingerprint density at radius 3 is 2.62 bits per heavy atom. The molecule has 0 bridgehead atoms. The summed E-state index contributed by atoms with van der Waals surface area (Å²) in [6, 6.07) is 11.6. The third-order valence-electron chi connectivity index (χ3n) is 3.13. The number of benzene rings is 2. The van der Waals surface area contributed by atoms with E-state index in [2.05, 4.69) is 9.97 Å². The molecule has 0 fully saturated rings. The number of carbonyl (C=O) groups excluding carboxylic acids is 1. The number of hydrogen-bond acceptors (Lipinski definition) is 3. The van der Waals surface area contributed by atoms with Crippen LogP contribution in [0.3, 0.4) is 0 Å². The molecule has 0 unspecified atom stereocenters. The van der Waals surface area contributed by atoms with E-state index in [4.69, 9.17) is 11.6 Å². The Hall–Kier alpha value is -2.33. The maximum atomic E-state index is 13.7. The van der Waals surface area contributed by atoms with Crippen LogP contribution in [0, 0.1) is 5.82 Å². The second-order valence-corrected chi connectivity index (χ2v) is 4.95. The molecule has 3 aromatic rings. The lowest BCUT2D eigenvalue weighted by molar-refractivity contribution is 0.0987. The number of rotatable bonds is 3. The van der Waals surface area contributed by atoms with Crippen molar-refractivity contribution < 1.29 is 9.18 Å². The Morgan fingerprint density at radius 2 is 1.86 bits per heavy atom. The number of aromatic nitrogens is 2. The van der Waals surface area contributed by atoms with Gasteiger partial charge in [-0.05, 0) is 24.3 Å². The van der Waals surface area contributed by atoms with Crippen molar-refractivity contribution in [1.29, 1.82) is 0 Å². The van der Waals surface area contributed by atoms with E-state index in [-0.39, 0.29) is 28.5 Å². The quantitative estimate of drug-likeness (QED) is 0.690. The number of nitrogens with zero attached hydrogens (tertiary/aromatic N) is 2. The molecule has 104 valence electrons. The van der Waals surface area contributed by atoms with Crippen molar-refractivity contribution in [1.82, 2.24) is 9.97 Å². The lowest BCUT2D eigenvalue weighted by Gasteiger charge is -2.05. The van der Waals surface area contributed by atoms with Crippen molar-refractivity contribution in [2.24, 2.45) is 0 Å². The van der Waals surface area contributed by atoms with Crippen LogP contribution in [-0.4, -0.2) is 15.8 Å². The zero-order valence-electron chi connectivity index (χ0n) is 10.9.